The molecule has 3 aromatic carbocycles. The number of nitrogens with two attached hydrogens (primary N) is 1. The predicted molar refractivity (Wildman–Crippen MR) is 122 cm³/mol. The molecular formula is C26H19NO5. The molecule has 1 aliphatic carbocycles. The van der Waals surface area contributed by atoms with Gasteiger partial charge < -0.3 is 20.0 Å². The Morgan fingerprint density at radius 1 is 1.06 bits per heavy atom. The second kappa shape index (κ2) is 7.42. The van der Waals surface area contributed by atoms with Crippen molar-refractivity contribution in [2.24, 2.45) is 5.73 Å². The van der Waals surface area contributed by atoms with Crippen LogP contribution in [-0.4, -0.2) is 18.1 Å². The Morgan fingerprint density at radius 3 is 2.53 bits per heavy atom. The first-order valence-electron chi connectivity index (χ1n) is 10.0. The molecule has 0 bridgehead atoms. The fourth-order valence-corrected chi connectivity index (χ4v) is 4.25. The average molecular weight is 425 g/mol. The van der Waals surface area contributed by atoms with Gasteiger partial charge in [0.2, 0.25) is 5.91 Å². The van der Waals surface area contributed by atoms with Crippen LogP contribution in [0.25, 0.3) is 22.6 Å². The molecule has 1 heterocycles. The van der Waals surface area contributed by atoms with E-state index in [2.05, 4.69) is 0 Å². The lowest BCUT2D eigenvalue weighted by Crippen LogP contribution is -2.14. The smallest absolute Gasteiger partial charge is 0.249 e. The summed E-state index contributed by atoms with van der Waals surface area (Å²) in [6, 6.07) is 19.2. The second-order valence-corrected chi connectivity index (χ2v) is 7.61. The fraction of sp³-hybridized carbons (Fsp3) is 0.0769. The van der Waals surface area contributed by atoms with Crippen LogP contribution in [0.2, 0.25) is 0 Å². The van der Waals surface area contributed by atoms with Crippen LogP contribution in [0.4, 0.5) is 0 Å². The molecule has 1 aromatic heterocycles. The summed E-state index contributed by atoms with van der Waals surface area (Å²) in [6.07, 6.45) is 1.51. The third kappa shape index (κ3) is 3.04. The molecule has 0 aliphatic heterocycles. The molecular weight excluding hydrogens is 406 g/mol. The molecule has 0 spiro atoms. The molecule has 1 amide bonds. The van der Waals surface area contributed by atoms with Gasteiger partial charge in [-0.1, -0.05) is 36.4 Å². The molecule has 6 heteroatoms. The number of primary amides is 1. The van der Waals surface area contributed by atoms with Gasteiger partial charge in [-0.2, -0.15) is 0 Å². The van der Waals surface area contributed by atoms with Gasteiger partial charge in [0.15, 0.2) is 5.43 Å². The molecule has 6 nitrogen and oxygen atoms in total. The summed E-state index contributed by atoms with van der Waals surface area (Å²) >= 11 is 0. The quantitative estimate of drug-likeness (QED) is 0.516. The third-order valence-corrected chi connectivity index (χ3v) is 5.77. The van der Waals surface area contributed by atoms with Crippen molar-refractivity contribution in [1.29, 1.82) is 0 Å². The molecule has 5 rings (SSSR count). The first kappa shape index (κ1) is 19.6. The van der Waals surface area contributed by atoms with Crippen LogP contribution in [0.15, 0.2) is 75.9 Å². The zero-order chi connectivity index (χ0) is 22.4. The minimum absolute atomic E-state index is 0.0102. The van der Waals surface area contributed by atoms with Gasteiger partial charge in [0, 0.05) is 11.6 Å². The zero-order valence-corrected chi connectivity index (χ0v) is 17.2. The summed E-state index contributed by atoms with van der Waals surface area (Å²) in [5.41, 5.74) is 8.45. The van der Waals surface area contributed by atoms with Crippen LogP contribution < -0.4 is 15.9 Å². The number of hydrogen-bond acceptors (Lipinski definition) is 5. The van der Waals surface area contributed by atoms with Crippen LogP contribution in [0.3, 0.4) is 0 Å². The number of fused-ring (bicyclic) bond motifs is 3. The molecule has 1 aliphatic rings. The van der Waals surface area contributed by atoms with E-state index in [9.17, 15) is 14.7 Å². The average Bonchev–Trinajstić information content (AvgIpc) is 2.94. The maximum atomic E-state index is 13.5. The summed E-state index contributed by atoms with van der Waals surface area (Å²) in [4.78, 5) is 25.9. The number of benzene rings is 3. The highest BCUT2D eigenvalue weighted by molar-refractivity contribution is 6.24. The van der Waals surface area contributed by atoms with Crippen LogP contribution in [0.1, 0.15) is 33.9 Å². The van der Waals surface area contributed by atoms with Crippen LogP contribution in [0, 0.1) is 0 Å². The standard InChI is InChI=1S/C26H19NO5/c1-31-16-9-6-14(7-10-16)23-18-5-3-2-4-17(18)20(26(27)30)13-21-24(29)19-11-8-15(28)12-22(19)32-25(21)23/h2-13,23,28H,1H3,(H2,27,30). The fourth-order valence-electron chi connectivity index (χ4n) is 4.25. The number of methoxy groups -OCH3 is 1. The molecule has 0 saturated carbocycles. The van der Waals surface area contributed by atoms with Crippen molar-refractivity contribution in [3.8, 4) is 11.5 Å². The van der Waals surface area contributed by atoms with Crippen molar-refractivity contribution < 1.29 is 19.1 Å². The van der Waals surface area contributed by atoms with Crippen molar-refractivity contribution in [3.63, 3.8) is 0 Å². The first-order chi connectivity index (χ1) is 15.5. The van der Waals surface area contributed by atoms with Gasteiger partial charge in [0.05, 0.1) is 24.0 Å². The van der Waals surface area contributed by atoms with Crippen molar-refractivity contribution in [3.05, 3.63) is 105 Å². The van der Waals surface area contributed by atoms with E-state index in [1.165, 1.54) is 24.3 Å². The van der Waals surface area contributed by atoms with Crippen LogP contribution >= 0.6 is 0 Å². The van der Waals surface area contributed by atoms with Gasteiger partial charge in [-0.25, -0.2) is 0 Å². The number of phenolic OH excluding ortho intramolecular Hbond substituents is 1. The molecule has 1 unspecified atom stereocenters. The Labute approximate surface area is 183 Å². The number of carbonyl (C=O) groups is 1. The topological polar surface area (TPSA) is 103 Å². The first-order valence-corrected chi connectivity index (χ1v) is 10.0. The summed E-state index contributed by atoms with van der Waals surface area (Å²) in [7, 11) is 1.59. The minimum Gasteiger partial charge on any atom is -0.508 e. The van der Waals surface area contributed by atoms with E-state index in [0.29, 0.717) is 22.5 Å². The van der Waals surface area contributed by atoms with E-state index < -0.39 is 11.8 Å². The Bertz CT molecular complexity index is 1460. The Hall–Kier alpha value is -4.32. The van der Waals surface area contributed by atoms with Gasteiger partial charge in [-0.15, -0.1) is 0 Å². The van der Waals surface area contributed by atoms with Crippen molar-refractivity contribution >= 4 is 28.5 Å². The molecule has 32 heavy (non-hydrogen) atoms. The maximum Gasteiger partial charge on any atom is 0.249 e. The summed E-state index contributed by atoms with van der Waals surface area (Å²) in [5.74, 6) is -0.0636. The van der Waals surface area contributed by atoms with E-state index in [4.69, 9.17) is 14.9 Å². The minimum atomic E-state index is -0.635. The summed E-state index contributed by atoms with van der Waals surface area (Å²) in [6.45, 7) is 0. The van der Waals surface area contributed by atoms with Crippen molar-refractivity contribution in [1.82, 2.24) is 0 Å². The predicted octanol–water partition coefficient (Wildman–Crippen LogP) is 4.03. The van der Waals surface area contributed by atoms with Gasteiger partial charge in [-0.05, 0) is 47.0 Å². The van der Waals surface area contributed by atoms with Crippen LogP contribution in [-0.2, 0) is 4.79 Å². The number of phenols is 1. The monoisotopic (exact) mass is 425 g/mol. The Balaban J connectivity index is 1.91. The second-order valence-electron chi connectivity index (χ2n) is 7.61. The highest BCUT2D eigenvalue weighted by atomic mass is 16.5. The maximum absolute atomic E-state index is 13.5. The zero-order valence-electron chi connectivity index (χ0n) is 17.2. The third-order valence-electron chi connectivity index (χ3n) is 5.77. The van der Waals surface area contributed by atoms with E-state index in [1.54, 1.807) is 7.11 Å². The molecule has 1 atom stereocenters. The molecule has 0 radical (unpaired) electrons. The van der Waals surface area contributed by atoms with E-state index in [-0.39, 0.29) is 27.9 Å². The van der Waals surface area contributed by atoms with Gasteiger partial charge in [-0.3, -0.25) is 9.59 Å². The Morgan fingerprint density at radius 2 is 1.81 bits per heavy atom. The van der Waals surface area contributed by atoms with Gasteiger partial charge >= 0.3 is 0 Å². The number of hydrogen-bond donors (Lipinski definition) is 2. The number of amides is 1. The van der Waals surface area contributed by atoms with E-state index in [1.807, 2.05) is 48.5 Å². The Kier molecular flexibility index (Phi) is 4.56. The number of aromatic hydroxyl groups is 1. The van der Waals surface area contributed by atoms with Crippen molar-refractivity contribution in [2.75, 3.05) is 7.11 Å². The number of rotatable bonds is 3. The number of ether oxygens (including phenoxy) is 1. The van der Waals surface area contributed by atoms with E-state index >= 15 is 0 Å². The molecule has 4 aromatic rings. The SMILES string of the molecule is COc1ccc(C2c3ccccc3C(C(N)=O)=Cc3c2oc2cc(O)ccc2c3=O)cc1. The molecule has 0 saturated heterocycles. The largest absolute Gasteiger partial charge is 0.508 e. The highest BCUT2D eigenvalue weighted by Gasteiger charge is 2.31. The lowest BCUT2D eigenvalue weighted by molar-refractivity contribution is -0.112. The summed E-state index contributed by atoms with van der Waals surface area (Å²) in [5, 5.41) is 10.3. The van der Waals surface area contributed by atoms with E-state index in [0.717, 1.165) is 11.1 Å². The van der Waals surface area contributed by atoms with Crippen molar-refractivity contribution in [2.45, 2.75) is 5.92 Å². The summed E-state index contributed by atoms with van der Waals surface area (Å²) < 4.78 is 11.5. The van der Waals surface area contributed by atoms with Crippen LogP contribution in [0.5, 0.6) is 11.5 Å². The van der Waals surface area contributed by atoms with Gasteiger partial charge in [0.1, 0.15) is 22.8 Å². The highest BCUT2D eigenvalue weighted by Crippen LogP contribution is 2.42. The molecule has 0 fully saturated rings. The lowest BCUT2D eigenvalue weighted by atomic mass is 9.85. The number of carbonyl (C=O) groups excluding carboxylic acids is 1. The molecule has 158 valence electrons. The normalized spacial score (nSPS) is 14.8. The molecule has 3 N–H and O–H groups in total. The van der Waals surface area contributed by atoms with Gasteiger partial charge in [0.25, 0.3) is 0 Å². The lowest BCUT2D eigenvalue weighted by Gasteiger charge is -2.20.